The molecule has 0 heterocycles. The van der Waals surface area contributed by atoms with E-state index in [9.17, 15) is 0 Å². The van der Waals surface area contributed by atoms with E-state index in [0.29, 0.717) is 0 Å². The maximum atomic E-state index is 8.75. The lowest BCUT2D eigenvalue weighted by molar-refractivity contribution is 0.157. The van der Waals surface area contributed by atoms with Crippen LogP contribution in [0.25, 0.3) is 0 Å². The number of aliphatic hydroxyl groups is 1. The minimum atomic E-state index is -0.252. The van der Waals surface area contributed by atoms with E-state index in [-0.39, 0.29) is 12.0 Å². The van der Waals surface area contributed by atoms with Gasteiger partial charge in [-0.1, -0.05) is 13.0 Å². The van der Waals surface area contributed by atoms with E-state index in [1.165, 1.54) is 0 Å². The summed E-state index contributed by atoms with van der Waals surface area (Å²) in [5.74, 6) is 0.222. The van der Waals surface area contributed by atoms with Gasteiger partial charge in [0.25, 0.3) is 0 Å². The van der Waals surface area contributed by atoms with Crippen LogP contribution in [0, 0.1) is 5.92 Å². The molecule has 0 aliphatic heterocycles. The Kier molecular flexibility index (Phi) is 2.68. The van der Waals surface area contributed by atoms with E-state index in [1.54, 1.807) is 13.0 Å². The number of hydrogen-bond donors (Lipinski definition) is 1. The second kappa shape index (κ2) is 2.80. The van der Waals surface area contributed by atoms with Gasteiger partial charge in [0.05, 0.1) is 6.10 Å². The monoisotopic (exact) mass is 100 g/mol. The van der Waals surface area contributed by atoms with Crippen molar-refractivity contribution in [3.8, 4) is 0 Å². The van der Waals surface area contributed by atoms with Crippen LogP contribution in [0.3, 0.4) is 0 Å². The Labute approximate surface area is 44.7 Å². The first kappa shape index (κ1) is 6.70. The molecule has 0 aromatic heterocycles. The molecule has 0 bridgehead atoms. The van der Waals surface area contributed by atoms with Crippen LogP contribution in [0.1, 0.15) is 13.8 Å². The van der Waals surface area contributed by atoms with E-state index < -0.39 is 0 Å². The van der Waals surface area contributed by atoms with Crippen molar-refractivity contribution in [1.29, 1.82) is 0 Å². The van der Waals surface area contributed by atoms with Gasteiger partial charge in [-0.25, -0.2) is 0 Å². The van der Waals surface area contributed by atoms with Gasteiger partial charge in [0.15, 0.2) is 0 Å². The molecule has 0 unspecified atom stereocenters. The maximum absolute atomic E-state index is 8.75. The third-order valence-electron chi connectivity index (χ3n) is 1.13. The van der Waals surface area contributed by atoms with Gasteiger partial charge in [-0.3, -0.25) is 0 Å². The molecule has 0 spiro atoms. The summed E-state index contributed by atoms with van der Waals surface area (Å²) >= 11 is 0. The largest absolute Gasteiger partial charge is 0.393 e. The van der Waals surface area contributed by atoms with Crippen molar-refractivity contribution < 1.29 is 5.11 Å². The molecule has 0 fully saturated rings. The molecule has 0 aromatic carbocycles. The van der Waals surface area contributed by atoms with Crippen molar-refractivity contribution in [2.45, 2.75) is 20.0 Å². The molecule has 0 aliphatic carbocycles. The fourth-order valence-corrected chi connectivity index (χ4v) is 0.197. The highest BCUT2D eigenvalue weighted by atomic mass is 16.3. The van der Waals surface area contributed by atoms with E-state index in [2.05, 4.69) is 6.58 Å². The second-order valence-corrected chi connectivity index (χ2v) is 1.84. The summed E-state index contributed by atoms with van der Waals surface area (Å²) in [6.07, 6.45) is 1.49. The van der Waals surface area contributed by atoms with Crippen molar-refractivity contribution in [3.63, 3.8) is 0 Å². The van der Waals surface area contributed by atoms with Gasteiger partial charge >= 0.3 is 0 Å². The van der Waals surface area contributed by atoms with Crippen LogP contribution >= 0.6 is 0 Å². The lowest BCUT2D eigenvalue weighted by Gasteiger charge is -2.06. The summed E-state index contributed by atoms with van der Waals surface area (Å²) in [6.45, 7) is 7.21. The number of rotatable bonds is 2. The Morgan fingerprint density at radius 3 is 2.00 bits per heavy atom. The molecule has 1 nitrogen and oxygen atoms in total. The predicted octanol–water partition coefficient (Wildman–Crippen LogP) is 1.19. The van der Waals surface area contributed by atoms with Crippen LogP contribution in [0.5, 0.6) is 0 Å². The molecule has 0 aliphatic rings. The van der Waals surface area contributed by atoms with E-state index in [1.807, 2.05) is 6.92 Å². The smallest absolute Gasteiger partial charge is 0.0571 e. The van der Waals surface area contributed by atoms with Crippen LogP contribution in [-0.2, 0) is 0 Å². The first-order valence-corrected chi connectivity index (χ1v) is 2.49. The fraction of sp³-hybridized carbons (Fsp3) is 0.667. The van der Waals surface area contributed by atoms with E-state index in [4.69, 9.17) is 5.11 Å². The molecule has 42 valence electrons. The number of aliphatic hydroxyl groups excluding tert-OH is 1. The molecule has 1 N–H and O–H groups in total. The van der Waals surface area contributed by atoms with Gasteiger partial charge in [-0.05, 0) is 12.8 Å². The lowest BCUT2D eigenvalue weighted by Crippen LogP contribution is -2.08. The zero-order valence-corrected chi connectivity index (χ0v) is 4.89. The molecular weight excluding hydrogens is 88.1 g/mol. The van der Waals surface area contributed by atoms with Crippen molar-refractivity contribution >= 4 is 0 Å². The molecule has 0 rings (SSSR count). The molecule has 2 atom stereocenters. The van der Waals surface area contributed by atoms with Crippen molar-refractivity contribution in [2.24, 2.45) is 5.92 Å². The summed E-state index contributed by atoms with van der Waals surface area (Å²) in [6, 6.07) is 0. The Morgan fingerprint density at radius 1 is 1.57 bits per heavy atom. The average molecular weight is 100 g/mol. The molecule has 0 amide bonds. The third kappa shape index (κ3) is 2.40. The van der Waals surface area contributed by atoms with Gasteiger partial charge in [0, 0.05) is 0 Å². The van der Waals surface area contributed by atoms with E-state index >= 15 is 0 Å². The highest BCUT2D eigenvalue weighted by molar-refractivity contribution is 4.78. The van der Waals surface area contributed by atoms with Gasteiger partial charge in [0.1, 0.15) is 0 Å². The van der Waals surface area contributed by atoms with Gasteiger partial charge in [-0.2, -0.15) is 0 Å². The zero-order chi connectivity index (χ0) is 5.86. The topological polar surface area (TPSA) is 20.2 Å². The fourth-order valence-electron chi connectivity index (χ4n) is 0.197. The van der Waals surface area contributed by atoms with Gasteiger partial charge < -0.3 is 5.11 Å². The Morgan fingerprint density at radius 2 is 2.00 bits per heavy atom. The van der Waals surface area contributed by atoms with Gasteiger partial charge in [0.2, 0.25) is 0 Å². The minimum absolute atomic E-state index is 0.222. The Bertz CT molecular complexity index is 57.2. The predicted molar refractivity (Wildman–Crippen MR) is 31.0 cm³/mol. The number of hydrogen-bond acceptors (Lipinski definition) is 1. The summed E-state index contributed by atoms with van der Waals surface area (Å²) < 4.78 is 0. The highest BCUT2D eigenvalue weighted by Gasteiger charge is 2.00. The molecule has 0 saturated carbocycles. The average Bonchev–Trinajstić information content (AvgIpc) is 1.65. The maximum Gasteiger partial charge on any atom is 0.0571 e. The second-order valence-electron chi connectivity index (χ2n) is 1.84. The summed E-state index contributed by atoms with van der Waals surface area (Å²) in [4.78, 5) is 0. The molecule has 1 heteroatoms. The summed E-state index contributed by atoms with van der Waals surface area (Å²) in [5, 5.41) is 8.75. The van der Waals surface area contributed by atoms with Crippen LogP contribution < -0.4 is 0 Å². The summed E-state index contributed by atoms with van der Waals surface area (Å²) in [5.41, 5.74) is 0. The first-order chi connectivity index (χ1) is 3.18. The third-order valence-corrected chi connectivity index (χ3v) is 1.13. The molecule has 0 aromatic rings. The minimum Gasteiger partial charge on any atom is -0.393 e. The van der Waals surface area contributed by atoms with Crippen LogP contribution in [0.2, 0.25) is 0 Å². The van der Waals surface area contributed by atoms with Crippen LogP contribution in [-0.4, -0.2) is 11.2 Å². The Hall–Kier alpha value is -0.300. The van der Waals surface area contributed by atoms with Crippen LogP contribution in [0.15, 0.2) is 12.7 Å². The van der Waals surface area contributed by atoms with Gasteiger partial charge in [-0.15, -0.1) is 6.58 Å². The van der Waals surface area contributed by atoms with E-state index in [0.717, 1.165) is 0 Å². The zero-order valence-electron chi connectivity index (χ0n) is 4.89. The molecule has 7 heavy (non-hydrogen) atoms. The first-order valence-electron chi connectivity index (χ1n) is 2.49. The normalized spacial score (nSPS) is 18.1. The molecule has 0 saturated heterocycles. The van der Waals surface area contributed by atoms with Crippen molar-refractivity contribution in [1.82, 2.24) is 0 Å². The van der Waals surface area contributed by atoms with Crippen LogP contribution in [0.4, 0.5) is 0 Å². The standard InChI is InChI=1S/C6H12O/c1-4-5(2)6(3)7/h4-7H,1H2,2-3H3/t5-,6-/m0/s1. The molecule has 0 radical (unpaired) electrons. The quantitative estimate of drug-likeness (QED) is 0.517. The highest BCUT2D eigenvalue weighted by Crippen LogP contribution is 2.00. The lowest BCUT2D eigenvalue weighted by atomic mass is 10.1. The van der Waals surface area contributed by atoms with Crippen molar-refractivity contribution in [3.05, 3.63) is 12.7 Å². The van der Waals surface area contributed by atoms with Crippen molar-refractivity contribution in [2.75, 3.05) is 0 Å². The summed E-state index contributed by atoms with van der Waals surface area (Å²) in [7, 11) is 0. The molecular formula is C6H12O. The SMILES string of the molecule is C=C[C@H](C)[C@H](C)O. The Balaban J connectivity index is 3.33.